The van der Waals surface area contributed by atoms with Gasteiger partial charge in [-0.05, 0) is 43.7 Å². The van der Waals surface area contributed by atoms with Crippen LogP contribution < -0.4 is 10.1 Å². The van der Waals surface area contributed by atoms with E-state index >= 15 is 0 Å². The smallest absolute Gasteiger partial charge is 0.123 e. The molecule has 0 aliphatic heterocycles. The van der Waals surface area contributed by atoms with Gasteiger partial charge in [-0.1, -0.05) is 41.9 Å². The summed E-state index contributed by atoms with van der Waals surface area (Å²) in [7, 11) is 1.92. The molecule has 2 aromatic rings. The molecule has 0 heterocycles. The fourth-order valence-corrected chi connectivity index (χ4v) is 2.32. The molecule has 0 fully saturated rings. The highest BCUT2D eigenvalue weighted by molar-refractivity contribution is 6.30. The number of nitrogens with one attached hydrogen (secondary N) is 1. The van der Waals surface area contributed by atoms with Gasteiger partial charge in [0, 0.05) is 17.1 Å². The molecule has 1 N–H and O–H groups in total. The molecule has 0 saturated carbocycles. The van der Waals surface area contributed by atoms with E-state index in [0.29, 0.717) is 6.61 Å². The van der Waals surface area contributed by atoms with Crippen LogP contribution in [0.3, 0.4) is 0 Å². The first-order valence-corrected chi connectivity index (χ1v) is 7.27. The van der Waals surface area contributed by atoms with Crippen LogP contribution in [0.25, 0.3) is 0 Å². The van der Waals surface area contributed by atoms with Crippen molar-refractivity contribution in [2.45, 2.75) is 19.4 Å². The maximum absolute atomic E-state index is 6.01. The molecule has 2 nitrogen and oxygen atoms in total. The summed E-state index contributed by atoms with van der Waals surface area (Å²) in [5.41, 5.74) is 2.45. The van der Waals surface area contributed by atoms with Gasteiger partial charge in [0.25, 0.3) is 0 Å². The molecule has 20 heavy (non-hydrogen) atoms. The lowest BCUT2D eigenvalue weighted by Crippen LogP contribution is -2.08. The third-order valence-electron chi connectivity index (χ3n) is 3.10. The van der Waals surface area contributed by atoms with Crippen LogP contribution in [0.2, 0.25) is 5.02 Å². The van der Waals surface area contributed by atoms with Crippen molar-refractivity contribution >= 4 is 11.6 Å². The molecule has 0 bridgehead atoms. The summed E-state index contributed by atoms with van der Waals surface area (Å²) in [6.07, 6.45) is 2.04. The van der Waals surface area contributed by atoms with Crippen molar-refractivity contribution in [2.24, 2.45) is 0 Å². The fourth-order valence-electron chi connectivity index (χ4n) is 2.12. The monoisotopic (exact) mass is 289 g/mol. The third kappa shape index (κ3) is 4.55. The number of aryl methyl sites for hydroxylation is 1. The van der Waals surface area contributed by atoms with Crippen molar-refractivity contribution in [3.63, 3.8) is 0 Å². The Labute approximate surface area is 125 Å². The van der Waals surface area contributed by atoms with E-state index in [2.05, 4.69) is 29.6 Å². The Morgan fingerprint density at radius 1 is 1.10 bits per heavy atom. The molecule has 0 spiro atoms. The van der Waals surface area contributed by atoms with Crippen LogP contribution in [0.15, 0.2) is 48.5 Å². The van der Waals surface area contributed by atoms with E-state index in [-0.39, 0.29) is 0 Å². The van der Waals surface area contributed by atoms with Crippen LogP contribution in [-0.4, -0.2) is 13.7 Å². The second-order valence-corrected chi connectivity index (χ2v) is 5.16. The molecular weight excluding hydrogens is 270 g/mol. The molecule has 0 atom stereocenters. The molecule has 0 saturated heterocycles. The van der Waals surface area contributed by atoms with Gasteiger partial charge in [0.2, 0.25) is 0 Å². The molecule has 0 aliphatic carbocycles. The zero-order valence-corrected chi connectivity index (χ0v) is 12.5. The highest BCUT2D eigenvalue weighted by atomic mass is 35.5. The van der Waals surface area contributed by atoms with Crippen molar-refractivity contribution in [1.29, 1.82) is 0 Å². The number of hydrogen-bond donors (Lipinski definition) is 1. The van der Waals surface area contributed by atoms with Crippen LogP contribution in [0.5, 0.6) is 5.75 Å². The number of rotatable bonds is 7. The first-order valence-electron chi connectivity index (χ1n) is 6.89. The van der Waals surface area contributed by atoms with Crippen LogP contribution in [0.4, 0.5) is 0 Å². The maximum atomic E-state index is 6.01. The number of benzene rings is 2. The van der Waals surface area contributed by atoms with E-state index in [1.807, 2.05) is 31.3 Å². The van der Waals surface area contributed by atoms with Gasteiger partial charge in [0.15, 0.2) is 0 Å². The highest BCUT2D eigenvalue weighted by Gasteiger charge is 2.04. The van der Waals surface area contributed by atoms with Gasteiger partial charge in [0.05, 0.1) is 6.61 Å². The molecular formula is C17H20ClNO. The van der Waals surface area contributed by atoms with Crippen molar-refractivity contribution in [3.8, 4) is 5.75 Å². The van der Waals surface area contributed by atoms with Gasteiger partial charge in [-0.3, -0.25) is 0 Å². The second kappa shape index (κ2) is 7.93. The lowest BCUT2D eigenvalue weighted by molar-refractivity contribution is 0.307. The number of halogens is 1. The van der Waals surface area contributed by atoms with E-state index in [4.69, 9.17) is 16.3 Å². The predicted octanol–water partition coefficient (Wildman–Crippen LogP) is 4.07. The molecule has 0 unspecified atom stereocenters. The van der Waals surface area contributed by atoms with Gasteiger partial charge in [0.1, 0.15) is 5.75 Å². The van der Waals surface area contributed by atoms with Crippen molar-refractivity contribution in [2.75, 3.05) is 13.7 Å². The number of hydrogen-bond acceptors (Lipinski definition) is 2. The van der Waals surface area contributed by atoms with Crippen molar-refractivity contribution in [1.82, 2.24) is 5.32 Å². The molecule has 0 radical (unpaired) electrons. The quantitative estimate of drug-likeness (QED) is 0.776. The minimum atomic E-state index is 0.716. The predicted molar refractivity (Wildman–Crippen MR) is 84.5 cm³/mol. The van der Waals surface area contributed by atoms with Gasteiger partial charge in [-0.25, -0.2) is 0 Å². The van der Waals surface area contributed by atoms with Crippen LogP contribution in [0, 0.1) is 0 Å². The van der Waals surface area contributed by atoms with Crippen LogP contribution >= 0.6 is 11.6 Å². The molecule has 106 valence electrons. The van der Waals surface area contributed by atoms with E-state index in [9.17, 15) is 0 Å². The largest absolute Gasteiger partial charge is 0.493 e. The molecule has 0 aliphatic rings. The average molecular weight is 290 g/mol. The van der Waals surface area contributed by atoms with Crippen LogP contribution in [0.1, 0.15) is 17.5 Å². The van der Waals surface area contributed by atoms with E-state index in [0.717, 1.165) is 35.7 Å². The Bertz CT molecular complexity index is 528. The molecule has 3 heteroatoms. The zero-order valence-electron chi connectivity index (χ0n) is 11.7. The molecule has 0 amide bonds. The average Bonchev–Trinajstić information content (AvgIpc) is 2.47. The standard InChI is InChI=1S/C17H20ClNO/c1-19-13-15-12-16(18)9-10-17(15)20-11-5-8-14-6-3-2-4-7-14/h2-4,6-7,9-10,12,19H,5,8,11,13H2,1H3. The van der Waals surface area contributed by atoms with Crippen molar-refractivity contribution < 1.29 is 4.74 Å². The Morgan fingerprint density at radius 3 is 2.65 bits per heavy atom. The lowest BCUT2D eigenvalue weighted by atomic mass is 10.1. The van der Waals surface area contributed by atoms with Gasteiger partial charge in [-0.2, -0.15) is 0 Å². The lowest BCUT2D eigenvalue weighted by Gasteiger charge is -2.11. The second-order valence-electron chi connectivity index (χ2n) is 4.72. The summed E-state index contributed by atoms with van der Waals surface area (Å²) in [4.78, 5) is 0. The topological polar surface area (TPSA) is 21.3 Å². The maximum Gasteiger partial charge on any atom is 0.123 e. The Hall–Kier alpha value is -1.51. The fraction of sp³-hybridized carbons (Fsp3) is 0.294. The first-order chi connectivity index (χ1) is 9.79. The molecule has 0 aromatic heterocycles. The summed E-state index contributed by atoms with van der Waals surface area (Å²) < 4.78 is 5.87. The Kier molecular flexibility index (Phi) is 5.90. The summed E-state index contributed by atoms with van der Waals surface area (Å²) >= 11 is 6.01. The summed E-state index contributed by atoms with van der Waals surface area (Å²) in [6.45, 7) is 1.47. The Balaban J connectivity index is 1.84. The Morgan fingerprint density at radius 2 is 1.90 bits per heavy atom. The summed E-state index contributed by atoms with van der Waals surface area (Å²) in [5.74, 6) is 0.914. The van der Waals surface area contributed by atoms with Crippen molar-refractivity contribution in [3.05, 3.63) is 64.7 Å². The SMILES string of the molecule is CNCc1cc(Cl)ccc1OCCCc1ccccc1. The minimum absolute atomic E-state index is 0.716. The third-order valence-corrected chi connectivity index (χ3v) is 3.34. The van der Waals surface area contributed by atoms with Gasteiger partial charge < -0.3 is 10.1 Å². The van der Waals surface area contributed by atoms with E-state index in [1.165, 1.54) is 5.56 Å². The van der Waals surface area contributed by atoms with E-state index in [1.54, 1.807) is 0 Å². The molecule has 2 aromatic carbocycles. The number of ether oxygens (including phenoxy) is 1. The summed E-state index contributed by atoms with van der Waals surface area (Å²) in [6, 6.07) is 16.2. The van der Waals surface area contributed by atoms with Gasteiger partial charge in [-0.15, -0.1) is 0 Å². The normalized spacial score (nSPS) is 10.5. The summed E-state index contributed by atoms with van der Waals surface area (Å²) in [5, 5.41) is 3.87. The van der Waals surface area contributed by atoms with E-state index < -0.39 is 0 Å². The highest BCUT2D eigenvalue weighted by Crippen LogP contribution is 2.23. The van der Waals surface area contributed by atoms with Gasteiger partial charge >= 0.3 is 0 Å². The van der Waals surface area contributed by atoms with Crippen LogP contribution in [-0.2, 0) is 13.0 Å². The zero-order chi connectivity index (χ0) is 14.2. The first kappa shape index (κ1) is 14.9. The minimum Gasteiger partial charge on any atom is -0.493 e. The molecule has 2 rings (SSSR count).